The fourth-order valence-electron chi connectivity index (χ4n) is 2.44. The quantitative estimate of drug-likeness (QED) is 0.281. The number of hydrogen-bond donors (Lipinski definition) is 2. The van der Waals surface area contributed by atoms with E-state index in [4.69, 9.17) is 16.3 Å². The molecule has 0 fully saturated rings. The van der Waals surface area contributed by atoms with Crippen LogP contribution in [0.15, 0.2) is 84.0 Å². The highest BCUT2D eigenvalue weighted by Gasteiger charge is 2.16. The largest absolute Gasteiger partial charge is 0.422 e. The Hall–Kier alpha value is -3.48. The topological polar surface area (TPSA) is 88.0 Å². The van der Waals surface area contributed by atoms with E-state index in [0.29, 0.717) is 21.7 Å². The van der Waals surface area contributed by atoms with Gasteiger partial charge in [0.2, 0.25) is 0 Å². The zero-order chi connectivity index (χ0) is 20.6. The SMILES string of the molecule is O=C(Oc1ccccc1/C=N/NC(=O)C(O)c1ccccc1)c1ccc(Cl)cc1. The normalized spacial score (nSPS) is 11.8. The second-order valence-electron chi connectivity index (χ2n) is 5.98. The van der Waals surface area contributed by atoms with Gasteiger partial charge in [0.1, 0.15) is 5.75 Å². The first-order valence-electron chi connectivity index (χ1n) is 8.67. The fourth-order valence-corrected chi connectivity index (χ4v) is 2.56. The highest BCUT2D eigenvalue weighted by molar-refractivity contribution is 6.30. The number of rotatable bonds is 6. The number of hydrazone groups is 1. The maximum atomic E-state index is 12.3. The molecule has 0 saturated carbocycles. The van der Waals surface area contributed by atoms with Gasteiger partial charge in [-0.15, -0.1) is 0 Å². The van der Waals surface area contributed by atoms with Crippen LogP contribution in [-0.4, -0.2) is 23.2 Å². The number of carbonyl (C=O) groups excluding carboxylic acids is 2. The number of hydrogen-bond acceptors (Lipinski definition) is 5. The van der Waals surface area contributed by atoms with Crippen LogP contribution in [0.2, 0.25) is 5.02 Å². The lowest BCUT2D eigenvalue weighted by Gasteiger charge is -2.09. The summed E-state index contributed by atoms with van der Waals surface area (Å²) in [7, 11) is 0. The lowest BCUT2D eigenvalue weighted by molar-refractivity contribution is -0.129. The van der Waals surface area contributed by atoms with E-state index in [1.54, 1.807) is 78.9 Å². The molecule has 1 atom stereocenters. The van der Waals surface area contributed by atoms with Crippen molar-refractivity contribution in [1.82, 2.24) is 5.43 Å². The predicted octanol–water partition coefficient (Wildman–Crippen LogP) is 3.74. The van der Waals surface area contributed by atoms with Gasteiger partial charge in [0.15, 0.2) is 6.10 Å². The molecule has 0 heterocycles. The van der Waals surface area contributed by atoms with E-state index in [1.807, 2.05) is 0 Å². The molecule has 2 N–H and O–H groups in total. The molecule has 0 aromatic heterocycles. The first-order valence-corrected chi connectivity index (χ1v) is 9.05. The Morgan fingerprint density at radius 1 is 0.966 bits per heavy atom. The van der Waals surface area contributed by atoms with Crippen molar-refractivity contribution in [2.45, 2.75) is 6.10 Å². The van der Waals surface area contributed by atoms with E-state index in [1.165, 1.54) is 6.21 Å². The molecule has 6 nitrogen and oxygen atoms in total. The Morgan fingerprint density at radius 3 is 2.34 bits per heavy atom. The van der Waals surface area contributed by atoms with Gasteiger partial charge in [0, 0.05) is 10.6 Å². The van der Waals surface area contributed by atoms with Crippen molar-refractivity contribution in [1.29, 1.82) is 0 Å². The van der Waals surface area contributed by atoms with Crippen molar-refractivity contribution in [3.63, 3.8) is 0 Å². The van der Waals surface area contributed by atoms with Crippen LogP contribution in [0, 0.1) is 0 Å². The van der Waals surface area contributed by atoms with Crippen LogP contribution in [-0.2, 0) is 4.79 Å². The molecule has 1 amide bonds. The molecule has 0 aliphatic rings. The number of nitrogens with zero attached hydrogens (tertiary/aromatic N) is 1. The maximum absolute atomic E-state index is 12.3. The van der Waals surface area contributed by atoms with Gasteiger partial charge >= 0.3 is 5.97 Å². The molecule has 0 spiro atoms. The molecular weight excluding hydrogens is 392 g/mol. The zero-order valence-corrected chi connectivity index (χ0v) is 15.9. The van der Waals surface area contributed by atoms with Crippen molar-refractivity contribution < 1.29 is 19.4 Å². The lowest BCUT2D eigenvalue weighted by atomic mass is 10.1. The van der Waals surface area contributed by atoms with Crippen molar-refractivity contribution in [2.75, 3.05) is 0 Å². The molecular formula is C22H17ClN2O4. The van der Waals surface area contributed by atoms with Gasteiger partial charge in [0.25, 0.3) is 5.91 Å². The van der Waals surface area contributed by atoms with Crippen molar-refractivity contribution >= 4 is 29.7 Å². The summed E-state index contributed by atoms with van der Waals surface area (Å²) in [6, 6.07) is 21.6. The van der Waals surface area contributed by atoms with Gasteiger partial charge in [0.05, 0.1) is 11.8 Å². The average Bonchev–Trinajstić information content (AvgIpc) is 2.75. The molecule has 146 valence electrons. The number of carbonyl (C=O) groups is 2. The van der Waals surface area contributed by atoms with Crippen LogP contribution in [0.5, 0.6) is 5.75 Å². The van der Waals surface area contributed by atoms with Gasteiger partial charge in [-0.25, -0.2) is 10.2 Å². The summed E-state index contributed by atoms with van der Waals surface area (Å²) in [4.78, 5) is 24.3. The first kappa shape index (κ1) is 20.3. The summed E-state index contributed by atoms with van der Waals surface area (Å²) in [5, 5.41) is 14.4. The molecule has 1 unspecified atom stereocenters. The van der Waals surface area contributed by atoms with Crippen LogP contribution < -0.4 is 10.2 Å². The Balaban J connectivity index is 1.66. The zero-order valence-electron chi connectivity index (χ0n) is 15.2. The number of esters is 1. The van der Waals surface area contributed by atoms with E-state index in [-0.39, 0.29) is 5.75 Å². The molecule has 0 radical (unpaired) electrons. The summed E-state index contributed by atoms with van der Waals surface area (Å²) in [6.45, 7) is 0. The van der Waals surface area contributed by atoms with E-state index >= 15 is 0 Å². The molecule has 3 aromatic rings. The number of halogens is 1. The third kappa shape index (κ3) is 5.51. The van der Waals surface area contributed by atoms with Crippen LogP contribution in [0.4, 0.5) is 0 Å². The standard InChI is InChI=1S/C22H17ClN2O4/c23-18-12-10-16(11-13-18)22(28)29-19-9-5-4-8-17(19)14-24-25-21(27)20(26)15-6-2-1-3-7-15/h1-14,20,26H,(H,25,27)/b24-14+. The summed E-state index contributed by atoms with van der Waals surface area (Å²) in [6.07, 6.45) is -0.00794. The molecule has 3 rings (SSSR count). The number of amides is 1. The van der Waals surface area contributed by atoms with E-state index in [9.17, 15) is 14.7 Å². The summed E-state index contributed by atoms with van der Waals surface area (Å²) < 4.78 is 5.41. The summed E-state index contributed by atoms with van der Waals surface area (Å²) in [5.74, 6) is -0.955. The Kier molecular flexibility index (Phi) is 6.73. The number of aliphatic hydroxyl groups is 1. The number of benzene rings is 3. The first-order chi connectivity index (χ1) is 14.0. The van der Waals surface area contributed by atoms with Crippen molar-refractivity contribution in [3.8, 4) is 5.75 Å². The van der Waals surface area contributed by atoms with Gasteiger partial charge in [-0.05, 0) is 42.0 Å². The van der Waals surface area contributed by atoms with Crippen LogP contribution in [0.1, 0.15) is 27.6 Å². The highest BCUT2D eigenvalue weighted by atomic mass is 35.5. The number of para-hydroxylation sites is 1. The maximum Gasteiger partial charge on any atom is 0.343 e. The fraction of sp³-hybridized carbons (Fsp3) is 0.0455. The molecule has 0 aliphatic heterocycles. The Bertz CT molecular complexity index is 1020. The third-order valence-electron chi connectivity index (χ3n) is 3.94. The molecule has 7 heteroatoms. The second-order valence-corrected chi connectivity index (χ2v) is 6.42. The monoisotopic (exact) mass is 408 g/mol. The lowest BCUT2D eigenvalue weighted by Crippen LogP contribution is -2.25. The van der Waals surface area contributed by atoms with Crippen LogP contribution in [0.3, 0.4) is 0 Å². The van der Waals surface area contributed by atoms with Crippen LogP contribution >= 0.6 is 11.6 Å². The number of nitrogens with one attached hydrogen (secondary N) is 1. The number of aliphatic hydroxyl groups excluding tert-OH is 1. The Morgan fingerprint density at radius 2 is 1.62 bits per heavy atom. The second kappa shape index (κ2) is 9.64. The van der Waals surface area contributed by atoms with E-state index in [2.05, 4.69) is 10.5 Å². The minimum Gasteiger partial charge on any atom is -0.422 e. The molecule has 0 saturated heterocycles. The molecule has 0 aliphatic carbocycles. The van der Waals surface area contributed by atoms with Gasteiger partial charge in [-0.2, -0.15) is 5.10 Å². The van der Waals surface area contributed by atoms with Crippen molar-refractivity contribution in [2.24, 2.45) is 5.10 Å². The summed E-state index contributed by atoms with van der Waals surface area (Å²) >= 11 is 5.82. The van der Waals surface area contributed by atoms with E-state index < -0.39 is 18.0 Å². The van der Waals surface area contributed by atoms with Gasteiger partial charge < -0.3 is 9.84 Å². The Labute approximate surface area is 172 Å². The van der Waals surface area contributed by atoms with Crippen LogP contribution in [0.25, 0.3) is 0 Å². The smallest absolute Gasteiger partial charge is 0.343 e. The highest BCUT2D eigenvalue weighted by Crippen LogP contribution is 2.19. The minimum atomic E-state index is -1.34. The average molecular weight is 409 g/mol. The van der Waals surface area contributed by atoms with Gasteiger partial charge in [-0.3, -0.25) is 4.79 Å². The number of ether oxygens (including phenoxy) is 1. The van der Waals surface area contributed by atoms with Gasteiger partial charge in [-0.1, -0.05) is 54.1 Å². The predicted molar refractivity (Wildman–Crippen MR) is 110 cm³/mol. The molecule has 0 bridgehead atoms. The van der Waals surface area contributed by atoms with E-state index in [0.717, 1.165) is 0 Å². The summed E-state index contributed by atoms with van der Waals surface area (Å²) in [5.41, 5.74) is 3.55. The third-order valence-corrected chi connectivity index (χ3v) is 4.20. The minimum absolute atomic E-state index is 0.272. The molecule has 29 heavy (non-hydrogen) atoms. The molecule has 3 aromatic carbocycles. The van der Waals surface area contributed by atoms with Crippen molar-refractivity contribution in [3.05, 3.63) is 101 Å².